The zero-order valence-electron chi connectivity index (χ0n) is 19.8. The van der Waals surface area contributed by atoms with Gasteiger partial charge in [0.15, 0.2) is 6.07 Å². The third kappa shape index (κ3) is 5.66. The average Bonchev–Trinajstić information content (AvgIpc) is 3.39. The minimum Gasteiger partial charge on any atom is -0.433 e. The Bertz CT molecular complexity index is 1590. The standard InChI is InChI=1S/C28H21N7O2/c1-18-4-9-22(14-25(18)35-28-31-12-10-24(34-28)21-3-2-11-30-16-21)33-27(36)20-7-5-19(6-8-20)13-23-17-32-26(15-29)37-23/h2-12,14,16-17H,13H2,1H3,(H,33,36)(H,31,34,35). The first-order chi connectivity index (χ1) is 18.1. The molecule has 0 aliphatic heterocycles. The second-order valence-corrected chi connectivity index (χ2v) is 8.23. The summed E-state index contributed by atoms with van der Waals surface area (Å²) >= 11 is 0. The zero-order chi connectivity index (χ0) is 25.6. The van der Waals surface area contributed by atoms with E-state index in [9.17, 15) is 4.79 Å². The smallest absolute Gasteiger partial charge is 0.300 e. The number of nitrogens with zero attached hydrogens (tertiary/aromatic N) is 5. The highest BCUT2D eigenvalue weighted by Crippen LogP contribution is 2.25. The lowest BCUT2D eigenvalue weighted by Gasteiger charge is -2.12. The molecule has 9 nitrogen and oxygen atoms in total. The van der Waals surface area contributed by atoms with E-state index in [4.69, 9.17) is 9.68 Å². The number of aromatic nitrogens is 4. The lowest BCUT2D eigenvalue weighted by atomic mass is 10.1. The van der Waals surface area contributed by atoms with Crippen molar-refractivity contribution in [3.63, 3.8) is 0 Å². The van der Waals surface area contributed by atoms with Crippen LogP contribution in [0.3, 0.4) is 0 Å². The Morgan fingerprint density at radius 3 is 2.65 bits per heavy atom. The van der Waals surface area contributed by atoms with E-state index in [0.29, 0.717) is 29.4 Å². The Labute approximate surface area is 212 Å². The molecule has 0 unspecified atom stereocenters. The van der Waals surface area contributed by atoms with Crippen LogP contribution in [0, 0.1) is 18.3 Å². The number of benzene rings is 2. The third-order valence-electron chi connectivity index (χ3n) is 5.60. The van der Waals surface area contributed by atoms with E-state index in [2.05, 4.69) is 30.6 Å². The fraction of sp³-hybridized carbons (Fsp3) is 0.0714. The number of amides is 1. The predicted octanol–water partition coefficient (Wildman–Crippen LogP) is 5.29. The molecule has 0 bridgehead atoms. The highest BCUT2D eigenvalue weighted by molar-refractivity contribution is 6.04. The van der Waals surface area contributed by atoms with Crippen LogP contribution in [-0.4, -0.2) is 25.8 Å². The number of nitriles is 1. The Morgan fingerprint density at radius 2 is 1.89 bits per heavy atom. The Hall–Kier alpha value is -5.36. The molecule has 0 saturated heterocycles. The normalized spacial score (nSPS) is 10.5. The van der Waals surface area contributed by atoms with Crippen LogP contribution in [0.25, 0.3) is 11.3 Å². The van der Waals surface area contributed by atoms with Crippen LogP contribution < -0.4 is 10.6 Å². The highest BCUT2D eigenvalue weighted by atomic mass is 16.4. The van der Waals surface area contributed by atoms with Crippen molar-refractivity contribution < 1.29 is 9.21 Å². The second-order valence-electron chi connectivity index (χ2n) is 8.23. The number of aryl methyl sites for hydroxylation is 1. The number of rotatable bonds is 7. The molecule has 1 amide bonds. The maximum atomic E-state index is 12.9. The number of carbonyl (C=O) groups is 1. The van der Waals surface area contributed by atoms with Gasteiger partial charge in [-0.3, -0.25) is 9.78 Å². The van der Waals surface area contributed by atoms with Crippen molar-refractivity contribution in [2.24, 2.45) is 0 Å². The van der Waals surface area contributed by atoms with Gasteiger partial charge in [0, 0.05) is 47.5 Å². The molecule has 37 heavy (non-hydrogen) atoms. The van der Waals surface area contributed by atoms with E-state index in [-0.39, 0.29) is 11.8 Å². The van der Waals surface area contributed by atoms with Gasteiger partial charge in [-0.25, -0.2) is 15.0 Å². The summed E-state index contributed by atoms with van der Waals surface area (Å²) in [6.07, 6.45) is 7.16. The minimum absolute atomic E-state index is 0.0331. The lowest BCUT2D eigenvalue weighted by molar-refractivity contribution is 0.102. The summed E-state index contributed by atoms with van der Waals surface area (Å²) in [6.45, 7) is 1.96. The maximum Gasteiger partial charge on any atom is 0.300 e. The van der Waals surface area contributed by atoms with Crippen LogP contribution in [0.2, 0.25) is 0 Å². The van der Waals surface area contributed by atoms with E-state index >= 15 is 0 Å². The van der Waals surface area contributed by atoms with Crippen molar-refractivity contribution in [2.75, 3.05) is 10.6 Å². The lowest BCUT2D eigenvalue weighted by Crippen LogP contribution is -2.12. The molecule has 3 heterocycles. The van der Waals surface area contributed by atoms with E-state index in [0.717, 1.165) is 28.1 Å². The van der Waals surface area contributed by atoms with Gasteiger partial charge >= 0.3 is 5.89 Å². The molecule has 0 fully saturated rings. The zero-order valence-corrected chi connectivity index (χ0v) is 19.8. The Morgan fingerprint density at radius 1 is 1.03 bits per heavy atom. The van der Waals surface area contributed by atoms with Crippen LogP contribution in [0.1, 0.15) is 33.1 Å². The summed E-state index contributed by atoms with van der Waals surface area (Å²) < 4.78 is 5.32. The van der Waals surface area contributed by atoms with Gasteiger partial charge in [-0.05, 0) is 60.5 Å². The number of nitrogens with one attached hydrogen (secondary N) is 2. The minimum atomic E-state index is -0.234. The summed E-state index contributed by atoms with van der Waals surface area (Å²) in [5, 5.41) is 15.0. The molecule has 2 N–H and O–H groups in total. The van der Waals surface area contributed by atoms with Crippen LogP contribution in [0.4, 0.5) is 17.3 Å². The second kappa shape index (κ2) is 10.5. The van der Waals surface area contributed by atoms with Crippen molar-refractivity contribution in [2.45, 2.75) is 13.3 Å². The van der Waals surface area contributed by atoms with Crippen molar-refractivity contribution in [1.29, 1.82) is 5.26 Å². The third-order valence-corrected chi connectivity index (χ3v) is 5.60. The number of pyridine rings is 1. The molecule has 0 spiro atoms. The van der Waals surface area contributed by atoms with E-state index in [1.165, 1.54) is 6.20 Å². The van der Waals surface area contributed by atoms with Crippen LogP contribution in [0.15, 0.2) is 89.9 Å². The van der Waals surface area contributed by atoms with E-state index in [1.54, 1.807) is 30.7 Å². The van der Waals surface area contributed by atoms with Crippen LogP contribution in [0.5, 0.6) is 0 Å². The van der Waals surface area contributed by atoms with Crippen molar-refractivity contribution in [3.8, 4) is 17.3 Å². The molecule has 0 saturated carbocycles. The summed E-state index contributed by atoms with van der Waals surface area (Å²) in [5.41, 5.74) is 5.49. The first-order valence-electron chi connectivity index (χ1n) is 11.4. The van der Waals surface area contributed by atoms with E-state index < -0.39 is 0 Å². The first-order valence-corrected chi connectivity index (χ1v) is 11.4. The topological polar surface area (TPSA) is 130 Å². The van der Waals surface area contributed by atoms with E-state index in [1.807, 2.05) is 61.5 Å². The van der Waals surface area contributed by atoms with Crippen LogP contribution in [-0.2, 0) is 6.42 Å². The van der Waals surface area contributed by atoms with Crippen molar-refractivity contribution >= 4 is 23.2 Å². The van der Waals surface area contributed by atoms with Gasteiger partial charge in [-0.1, -0.05) is 18.2 Å². The summed E-state index contributed by atoms with van der Waals surface area (Å²) in [5.74, 6) is 0.828. The number of carbonyl (C=O) groups excluding carboxylic acids is 1. The maximum absolute atomic E-state index is 12.9. The molecular formula is C28H21N7O2. The fourth-order valence-electron chi connectivity index (χ4n) is 3.67. The van der Waals surface area contributed by atoms with Crippen molar-refractivity contribution in [1.82, 2.24) is 19.9 Å². The monoisotopic (exact) mass is 487 g/mol. The molecule has 5 aromatic rings. The Kier molecular flexibility index (Phi) is 6.63. The number of anilines is 3. The largest absolute Gasteiger partial charge is 0.433 e. The number of hydrogen-bond donors (Lipinski definition) is 2. The first kappa shape index (κ1) is 23.4. The summed E-state index contributed by atoms with van der Waals surface area (Å²) in [7, 11) is 0. The van der Waals surface area contributed by atoms with Crippen LogP contribution >= 0.6 is 0 Å². The summed E-state index contributed by atoms with van der Waals surface area (Å²) in [4.78, 5) is 29.8. The molecule has 0 radical (unpaired) electrons. The molecule has 0 atom stereocenters. The van der Waals surface area contributed by atoms with Crippen molar-refractivity contribution in [3.05, 3.63) is 114 Å². The number of hydrogen-bond acceptors (Lipinski definition) is 8. The molecule has 180 valence electrons. The fourth-order valence-corrected chi connectivity index (χ4v) is 3.67. The molecular weight excluding hydrogens is 466 g/mol. The van der Waals surface area contributed by atoms with Gasteiger partial charge in [0.2, 0.25) is 5.95 Å². The SMILES string of the molecule is Cc1ccc(NC(=O)c2ccc(Cc3cnc(C#N)o3)cc2)cc1Nc1nccc(-c2cccnc2)n1. The highest BCUT2D eigenvalue weighted by Gasteiger charge is 2.10. The van der Waals surface area contributed by atoms with Gasteiger partial charge in [0.05, 0.1) is 11.9 Å². The van der Waals surface area contributed by atoms with Gasteiger partial charge in [-0.15, -0.1) is 0 Å². The molecule has 3 aromatic heterocycles. The molecule has 0 aliphatic rings. The molecule has 2 aromatic carbocycles. The predicted molar refractivity (Wildman–Crippen MR) is 138 cm³/mol. The molecule has 5 rings (SSSR count). The van der Waals surface area contributed by atoms with Gasteiger partial charge in [-0.2, -0.15) is 5.26 Å². The quantitative estimate of drug-likeness (QED) is 0.317. The number of oxazole rings is 1. The summed E-state index contributed by atoms with van der Waals surface area (Å²) in [6, 6.07) is 20.3. The Balaban J connectivity index is 1.27. The van der Waals surface area contributed by atoms with Gasteiger partial charge in [0.25, 0.3) is 5.91 Å². The molecule has 9 heteroatoms. The average molecular weight is 488 g/mol. The van der Waals surface area contributed by atoms with Gasteiger partial charge in [0.1, 0.15) is 5.76 Å². The van der Waals surface area contributed by atoms with Gasteiger partial charge < -0.3 is 15.1 Å². The molecule has 0 aliphatic carbocycles.